The summed E-state index contributed by atoms with van der Waals surface area (Å²) >= 11 is 0. The molecule has 0 unspecified atom stereocenters. The van der Waals surface area contributed by atoms with E-state index in [2.05, 4.69) is 47.4 Å². The van der Waals surface area contributed by atoms with Gasteiger partial charge in [-0.3, -0.25) is 0 Å². The van der Waals surface area contributed by atoms with Crippen LogP contribution in [-0.4, -0.2) is 26.4 Å². The molecule has 0 spiro atoms. The van der Waals surface area contributed by atoms with Gasteiger partial charge in [-0.05, 0) is 95.9 Å². The Morgan fingerprint density at radius 3 is 0.821 bits per heavy atom. The lowest BCUT2D eigenvalue weighted by Crippen LogP contribution is -1.96. The summed E-state index contributed by atoms with van der Waals surface area (Å²) in [6, 6.07) is 14.5. The Labute approximate surface area is 164 Å². The third kappa shape index (κ3) is 6.65. The predicted octanol–water partition coefficient (Wildman–Crippen LogP) is 2.93. The second-order valence-electron chi connectivity index (χ2n) is 5.30. The molecule has 0 amide bonds. The van der Waals surface area contributed by atoms with Crippen LogP contribution >= 0.6 is 0 Å². The van der Waals surface area contributed by atoms with Crippen molar-refractivity contribution in [1.29, 1.82) is 0 Å². The summed E-state index contributed by atoms with van der Waals surface area (Å²) in [4.78, 5) is 0. The summed E-state index contributed by atoms with van der Waals surface area (Å²) < 4.78 is 22.1. The van der Waals surface area contributed by atoms with Crippen molar-refractivity contribution in [1.82, 2.24) is 0 Å². The van der Waals surface area contributed by atoms with E-state index in [4.69, 9.17) is 18.9 Å². The molecule has 0 saturated heterocycles. The lowest BCUT2D eigenvalue weighted by molar-refractivity contribution is 0.359. The Bertz CT molecular complexity index is 848. The van der Waals surface area contributed by atoms with Gasteiger partial charge < -0.3 is 18.9 Å². The second kappa shape index (κ2) is 10.8. The first kappa shape index (κ1) is 18.7. The van der Waals surface area contributed by atoms with E-state index in [1.807, 2.05) is 48.5 Å². The zero-order valence-electron chi connectivity index (χ0n) is 15.1. The zero-order chi connectivity index (χ0) is 19.3. The summed E-state index contributed by atoms with van der Waals surface area (Å²) in [5, 5.41) is 0. The normalized spacial score (nSPS) is 12.9. The van der Waals surface area contributed by atoms with Gasteiger partial charge in [0, 0.05) is 0 Å². The van der Waals surface area contributed by atoms with Crippen LogP contribution < -0.4 is 18.9 Å². The molecule has 4 aliphatic rings. The molecule has 4 heteroatoms. The van der Waals surface area contributed by atoms with Crippen LogP contribution in [0.4, 0.5) is 0 Å². The van der Waals surface area contributed by atoms with Crippen molar-refractivity contribution in [2.24, 2.45) is 0 Å². The maximum absolute atomic E-state index is 5.53. The largest absolute Gasteiger partial charge is 0.481 e. The van der Waals surface area contributed by atoms with Gasteiger partial charge in [0.15, 0.2) is 0 Å². The smallest absolute Gasteiger partial charge is 0.150 e. The molecular weight excluding hydrogens is 352 g/mol. The number of hydrogen-bond acceptors (Lipinski definition) is 4. The second-order valence-corrected chi connectivity index (χ2v) is 5.30. The topological polar surface area (TPSA) is 36.9 Å². The molecule has 0 saturated carbocycles. The van der Waals surface area contributed by atoms with Gasteiger partial charge in [0.2, 0.25) is 0 Å². The summed E-state index contributed by atoms with van der Waals surface area (Å²) in [7, 11) is 0. The van der Waals surface area contributed by atoms with Gasteiger partial charge in [-0.25, -0.2) is 0 Å². The van der Waals surface area contributed by atoms with Gasteiger partial charge in [-0.1, -0.05) is 0 Å². The SMILES string of the molecule is C1#CCOc2ccc(cc2)OCC#CC#CCOc2ccc(cc2)OCC#C1. The van der Waals surface area contributed by atoms with E-state index in [-0.39, 0.29) is 26.4 Å². The summed E-state index contributed by atoms with van der Waals surface area (Å²) in [6.07, 6.45) is 0. The van der Waals surface area contributed by atoms with Crippen LogP contribution in [0.1, 0.15) is 0 Å². The highest BCUT2D eigenvalue weighted by molar-refractivity contribution is 5.34. The Kier molecular flexibility index (Phi) is 7.18. The fraction of sp³-hybridized carbons (Fsp3) is 0.167. The van der Waals surface area contributed by atoms with Crippen LogP contribution in [0.5, 0.6) is 23.0 Å². The molecule has 0 aliphatic carbocycles. The minimum atomic E-state index is 0.251. The van der Waals surface area contributed by atoms with E-state index >= 15 is 0 Å². The highest BCUT2D eigenvalue weighted by Gasteiger charge is 1.96. The number of rotatable bonds is 0. The first-order valence-electron chi connectivity index (χ1n) is 8.53. The molecule has 2 aromatic rings. The van der Waals surface area contributed by atoms with Crippen LogP contribution in [0.3, 0.4) is 0 Å². The molecule has 2 aromatic carbocycles. The Balaban J connectivity index is 1.65. The minimum Gasteiger partial charge on any atom is -0.481 e. The lowest BCUT2D eigenvalue weighted by Gasteiger charge is -2.04. The van der Waals surface area contributed by atoms with Crippen molar-refractivity contribution in [2.75, 3.05) is 26.4 Å². The van der Waals surface area contributed by atoms with Gasteiger partial charge >= 0.3 is 0 Å². The van der Waals surface area contributed by atoms with E-state index in [0.29, 0.717) is 23.0 Å². The molecule has 136 valence electrons. The van der Waals surface area contributed by atoms with Crippen molar-refractivity contribution in [2.45, 2.75) is 0 Å². The van der Waals surface area contributed by atoms with E-state index in [0.717, 1.165) is 0 Å². The highest BCUT2D eigenvalue weighted by Crippen LogP contribution is 2.18. The molecule has 4 aliphatic heterocycles. The number of benzene rings is 2. The maximum Gasteiger partial charge on any atom is 0.150 e. The van der Waals surface area contributed by atoms with Crippen molar-refractivity contribution in [3.63, 3.8) is 0 Å². The van der Waals surface area contributed by atoms with E-state index < -0.39 is 0 Å². The van der Waals surface area contributed by atoms with Crippen LogP contribution in [0.2, 0.25) is 0 Å². The van der Waals surface area contributed by atoms with Crippen LogP contribution in [0, 0.1) is 47.4 Å². The first-order chi connectivity index (χ1) is 13.9. The average molecular weight is 368 g/mol. The fourth-order valence-electron chi connectivity index (χ4n) is 2.06. The maximum atomic E-state index is 5.53. The predicted molar refractivity (Wildman–Crippen MR) is 106 cm³/mol. The number of hydrogen-bond donors (Lipinski definition) is 0. The molecule has 4 bridgehead atoms. The van der Waals surface area contributed by atoms with Gasteiger partial charge in [-0.15, -0.1) is 0 Å². The van der Waals surface area contributed by atoms with Crippen molar-refractivity contribution in [3.8, 4) is 70.4 Å². The van der Waals surface area contributed by atoms with Crippen molar-refractivity contribution < 1.29 is 18.9 Å². The van der Waals surface area contributed by atoms with E-state index in [1.54, 1.807) is 0 Å². The van der Waals surface area contributed by atoms with Crippen LogP contribution in [0.15, 0.2) is 48.5 Å². The Hall–Kier alpha value is -4.12. The molecule has 4 nitrogen and oxygen atoms in total. The molecule has 28 heavy (non-hydrogen) atoms. The van der Waals surface area contributed by atoms with Crippen LogP contribution in [-0.2, 0) is 0 Å². The van der Waals surface area contributed by atoms with Gasteiger partial charge in [0.25, 0.3) is 0 Å². The van der Waals surface area contributed by atoms with Gasteiger partial charge in [-0.2, -0.15) is 0 Å². The zero-order valence-corrected chi connectivity index (χ0v) is 15.1. The molecule has 0 aromatic heterocycles. The average Bonchev–Trinajstić information content (AvgIpc) is 2.73. The Morgan fingerprint density at radius 1 is 0.393 bits per heavy atom. The summed E-state index contributed by atoms with van der Waals surface area (Å²) in [5.74, 6) is 25.1. The Morgan fingerprint density at radius 2 is 0.607 bits per heavy atom. The summed E-state index contributed by atoms with van der Waals surface area (Å²) in [5.41, 5.74) is 0. The molecule has 4 heterocycles. The minimum absolute atomic E-state index is 0.251. The van der Waals surface area contributed by atoms with Gasteiger partial charge in [0.05, 0.1) is 0 Å². The van der Waals surface area contributed by atoms with Crippen molar-refractivity contribution in [3.05, 3.63) is 48.5 Å². The lowest BCUT2D eigenvalue weighted by atomic mass is 10.3. The van der Waals surface area contributed by atoms with Crippen LogP contribution in [0.25, 0.3) is 0 Å². The molecule has 0 atom stereocenters. The molecule has 0 radical (unpaired) electrons. The van der Waals surface area contributed by atoms with Crippen molar-refractivity contribution >= 4 is 0 Å². The molecular formula is C24H16O4. The standard InChI is InChI=1S/C24H16O4/c1-2-6-18-26-22-13-15-24(16-14-22)28-20-8-4-3-7-19-27-23-11-9-21(10-12-23)25-17-5-1/h9-16H,17-20H2. The van der Waals surface area contributed by atoms with E-state index in [9.17, 15) is 0 Å². The highest BCUT2D eigenvalue weighted by atomic mass is 16.5. The first-order valence-corrected chi connectivity index (χ1v) is 8.53. The quantitative estimate of drug-likeness (QED) is 0.670. The third-order valence-corrected chi connectivity index (χ3v) is 3.37. The molecule has 6 rings (SSSR count). The monoisotopic (exact) mass is 368 g/mol. The van der Waals surface area contributed by atoms with Gasteiger partial charge in [0.1, 0.15) is 49.4 Å². The molecule has 0 N–H and O–H groups in total. The number of ether oxygens (including phenoxy) is 4. The third-order valence-electron chi connectivity index (χ3n) is 3.37. The molecule has 0 fully saturated rings. The van der Waals surface area contributed by atoms with E-state index in [1.165, 1.54) is 0 Å². The summed E-state index contributed by atoms with van der Waals surface area (Å²) in [6.45, 7) is 1.01. The fourth-order valence-corrected chi connectivity index (χ4v) is 2.06.